The van der Waals surface area contributed by atoms with Crippen LogP contribution in [0.1, 0.15) is 16.8 Å². The molecule has 3 N–H and O–H groups in total. The van der Waals surface area contributed by atoms with Crippen LogP contribution in [0.3, 0.4) is 0 Å². The third-order valence-electron chi connectivity index (χ3n) is 2.02. The van der Waals surface area contributed by atoms with Gasteiger partial charge < -0.3 is 11.1 Å². The Bertz CT molecular complexity index is 332. The minimum atomic E-state index is 0.602. The van der Waals surface area contributed by atoms with Crippen molar-refractivity contribution in [3.05, 3.63) is 35.5 Å². The van der Waals surface area contributed by atoms with E-state index in [1.54, 1.807) is 0 Å². The highest BCUT2D eigenvalue weighted by atomic mass is 16.1. The van der Waals surface area contributed by atoms with Crippen LogP contribution >= 0.6 is 0 Å². The number of hydrogen-bond donors (Lipinski definition) is 2. The summed E-state index contributed by atoms with van der Waals surface area (Å²) in [6, 6.07) is 1.90. The molecule has 0 aliphatic rings. The molecule has 1 rings (SSSR count). The van der Waals surface area contributed by atoms with E-state index >= 15 is 0 Å². The fourth-order valence-electron chi connectivity index (χ4n) is 1.33. The zero-order chi connectivity index (χ0) is 12.6. The van der Waals surface area contributed by atoms with Crippen LogP contribution in [0.15, 0.2) is 18.7 Å². The molecule has 0 amide bonds. The Balaban J connectivity index is 0.000000487. The van der Waals surface area contributed by atoms with E-state index in [1.807, 2.05) is 20.0 Å². The Hall–Kier alpha value is -1.68. The van der Waals surface area contributed by atoms with Crippen LogP contribution in [0.5, 0.6) is 0 Å². The van der Waals surface area contributed by atoms with Gasteiger partial charge in [0.1, 0.15) is 12.1 Å². The Morgan fingerprint density at radius 2 is 2.12 bits per heavy atom. The predicted octanol–water partition coefficient (Wildman–Crippen LogP) is 1.37. The van der Waals surface area contributed by atoms with Gasteiger partial charge in [-0.25, -0.2) is 4.98 Å². The van der Waals surface area contributed by atoms with E-state index in [0.29, 0.717) is 12.1 Å². The molecule has 0 aromatic carbocycles. The molecular formula is C12H19N3O. The zero-order valence-corrected chi connectivity index (χ0v) is 10.1. The molecular weight excluding hydrogens is 202 g/mol. The van der Waals surface area contributed by atoms with Gasteiger partial charge >= 0.3 is 0 Å². The molecule has 16 heavy (non-hydrogen) atoms. The van der Waals surface area contributed by atoms with Crippen molar-refractivity contribution < 1.29 is 4.79 Å². The van der Waals surface area contributed by atoms with E-state index in [2.05, 4.69) is 23.8 Å². The van der Waals surface area contributed by atoms with E-state index in [9.17, 15) is 0 Å². The van der Waals surface area contributed by atoms with E-state index in [1.165, 1.54) is 17.2 Å². The highest BCUT2D eigenvalue weighted by Gasteiger charge is 2.03. The van der Waals surface area contributed by atoms with Crippen LogP contribution in [-0.4, -0.2) is 18.3 Å². The van der Waals surface area contributed by atoms with E-state index in [4.69, 9.17) is 10.5 Å². The van der Waals surface area contributed by atoms with Crippen molar-refractivity contribution in [3.63, 3.8) is 0 Å². The van der Waals surface area contributed by atoms with Gasteiger partial charge in [-0.15, -0.1) is 0 Å². The van der Waals surface area contributed by atoms with Crippen LogP contribution in [0, 0.1) is 13.8 Å². The molecule has 4 nitrogen and oxygen atoms in total. The average molecular weight is 221 g/mol. The van der Waals surface area contributed by atoms with Gasteiger partial charge in [-0.05, 0) is 44.2 Å². The lowest BCUT2D eigenvalue weighted by molar-refractivity contribution is -0.104. The second-order valence-electron chi connectivity index (χ2n) is 3.33. The quantitative estimate of drug-likeness (QED) is 0.597. The fourth-order valence-corrected chi connectivity index (χ4v) is 1.33. The summed E-state index contributed by atoms with van der Waals surface area (Å²) in [6.07, 6.45) is 1.83. The number of aryl methyl sites for hydroxylation is 2. The molecule has 1 heterocycles. The maximum Gasteiger partial charge on any atom is 0.142 e. The normalized spacial score (nSPS) is 8.94. The number of allylic oxidation sites excluding steroid dienone is 1. The summed E-state index contributed by atoms with van der Waals surface area (Å²) < 4.78 is 0. The number of aldehydes is 1. The summed E-state index contributed by atoms with van der Waals surface area (Å²) in [7, 11) is 1.93. The maximum absolute atomic E-state index is 9.06. The van der Waals surface area contributed by atoms with Gasteiger partial charge in [0, 0.05) is 12.2 Å². The second kappa shape index (κ2) is 7.59. The molecule has 0 spiro atoms. The number of aromatic nitrogens is 1. The molecule has 1 aromatic rings. The summed E-state index contributed by atoms with van der Waals surface area (Å²) in [5.74, 6) is 0.602. The number of hydrogen-bond acceptors (Lipinski definition) is 4. The van der Waals surface area contributed by atoms with Crippen LogP contribution in [0.4, 0.5) is 5.82 Å². The third kappa shape index (κ3) is 4.70. The molecule has 0 radical (unpaired) electrons. The third-order valence-corrected chi connectivity index (χ3v) is 2.02. The van der Waals surface area contributed by atoms with Crippen LogP contribution < -0.4 is 11.1 Å². The number of nitrogens with one attached hydrogen (secondary N) is 1. The standard InChI is InChI=1S/C9H15N3.C3H4O/c1-6-4-9(10)12-7(2)8(6)5-11-3;1-2-3-4/h4,11H,5H2,1-3H3,(H2,10,12);2-3H,1H2. The average Bonchev–Trinajstić information content (AvgIpc) is 2.24. The van der Waals surface area contributed by atoms with E-state index < -0.39 is 0 Å². The first-order valence-electron chi connectivity index (χ1n) is 5.00. The van der Waals surface area contributed by atoms with Crippen LogP contribution in [0.25, 0.3) is 0 Å². The number of nitrogen functional groups attached to an aromatic ring is 1. The summed E-state index contributed by atoms with van der Waals surface area (Å²) in [6.45, 7) is 8.00. The number of anilines is 1. The molecule has 4 heteroatoms. The van der Waals surface area contributed by atoms with Crippen molar-refractivity contribution >= 4 is 12.1 Å². The predicted molar refractivity (Wildman–Crippen MR) is 67.1 cm³/mol. The van der Waals surface area contributed by atoms with Gasteiger partial charge in [-0.3, -0.25) is 4.79 Å². The van der Waals surface area contributed by atoms with Crippen LogP contribution in [-0.2, 0) is 11.3 Å². The van der Waals surface area contributed by atoms with Crippen LogP contribution in [0.2, 0.25) is 0 Å². The Morgan fingerprint density at radius 1 is 1.56 bits per heavy atom. The smallest absolute Gasteiger partial charge is 0.142 e. The highest BCUT2D eigenvalue weighted by Crippen LogP contribution is 2.13. The molecule has 0 atom stereocenters. The van der Waals surface area contributed by atoms with Gasteiger partial charge in [0.25, 0.3) is 0 Å². The zero-order valence-electron chi connectivity index (χ0n) is 10.1. The van der Waals surface area contributed by atoms with Gasteiger partial charge in [0.2, 0.25) is 0 Å². The molecule has 0 aliphatic heterocycles. The number of nitrogens with two attached hydrogens (primary N) is 1. The molecule has 0 saturated carbocycles. The topological polar surface area (TPSA) is 68.0 Å². The number of nitrogens with zero attached hydrogens (tertiary/aromatic N) is 1. The largest absolute Gasteiger partial charge is 0.384 e. The fraction of sp³-hybridized carbons (Fsp3) is 0.333. The first-order valence-corrected chi connectivity index (χ1v) is 5.00. The number of pyridine rings is 1. The van der Waals surface area contributed by atoms with Crippen molar-refractivity contribution in [2.24, 2.45) is 0 Å². The Morgan fingerprint density at radius 3 is 2.50 bits per heavy atom. The summed E-state index contributed by atoms with van der Waals surface area (Å²) in [4.78, 5) is 13.2. The molecule has 0 fully saturated rings. The number of carbonyl (C=O) groups excluding carboxylic acids is 1. The lowest BCUT2D eigenvalue weighted by Crippen LogP contribution is -2.10. The minimum Gasteiger partial charge on any atom is -0.384 e. The Kier molecular flexibility index (Phi) is 6.79. The van der Waals surface area contributed by atoms with Gasteiger partial charge in [-0.2, -0.15) is 0 Å². The van der Waals surface area contributed by atoms with Gasteiger partial charge in [0.15, 0.2) is 0 Å². The minimum absolute atomic E-state index is 0.602. The van der Waals surface area contributed by atoms with Gasteiger partial charge in [0.05, 0.1) is 0 Å². The molecule has 0 unspecified atom stereocenters. The molecule has 0 aliphatic carbocycles. The van der Waals surface area contributed by atoms with E-state index in [0.717, 1.165) is 12.2 Å². The summed E-state index contributed by atoms with van der Waals surface area (Å²) in [5, 5.41) is 3.10. The monoisotopic (exact) mass is 221 g/mol. The molecule has 0 bridgehead atoms. The molecule has 0 saturated heterocycles. The summed E-state index contributed by atoms with van der Waals surface area (Å²) in [5.41, 5.74) is 9.05. The summed E-state index contributed by atoms with van der Waals surface area (Å²) >= 11 is 0. The lowest BCUT2D eigenvalue weighted by Gasteiger charge is -2.08. The van der Waals surface area contributed by atoms with Crippen molar-refractivity contribution in [1.29, 1.82) is 0 Å². The maximum atomic E-state index is 9.06. The van der Waals surface area contributed by atoms with Crippen molar-refractivity contribution in [2.45, 2.75) is 20.4 Å². The van der Waals surface area contributed by atoms with Crippen molar-refractivity contribution in [2.75, 3.05) is 12.8 Å². The van der Waals surface area contributed by atoms with E-state index in [-0.39, 0.29) is 0 Å². The number of carbonyl (C=O) groups is 1. The SMILES string of the molecule is C=CC=O.CNCc1c(C)cc(N)nc1C. The van der Waals surface area contributed by atoms with Crippen molar-refractivity contribution in [3.8, 4) is 0 Å². The van der Waals surface area contributed by atoms with Gasteiger partial charge in [-0.1, -0.05) is 6.58 Å². The Labute approximate surface area is 96.6 Å². The molecule has 1 aromatic heterocycles. The second-order valence-corrected chi connectivity index (χ2v) is 3.33. The number of rotatable bonds is 3. The van der Waals surface area contributed by atoms with Crippen molar-refractivity contribution in [1.82, 2.24) is 10.3 Å². The highest BCUT2D eigenvalue weighted by molar-refractivity contribution is 5.63. The molecule has 88 valence electrons. The first kappa shape index (κ1) is 14.3. The first-order chi connectivity index (χ1) is 7.56. The lowest BCUT2D eigenvalue weighted by atomic mass is 10.1.